The summed E-state index contributed by atoms with van der Waals surface area (Å²) in [5.41, 5.74) is 0.894. The molecule has 2 aliphatic rings. The van der Waals surface area contributed by atoms with E-state index in [1.807, 2.05) is 17.0 Å². The van der Waals surface area contributed by atoms with Crippen LogP contribution in [0.15, 0.2) is 29.2 Å². The van der Waals surface area contributed by atoms with E-state index in [2.05, 4.69) is 7.05 Å². The van der Waals surface area contributed by atoms with Gasteiger partial charge in [0.25, 0.3) is 5.91 Å². The third kappa shape index (κ3) is 4.65. The lowest BCUT2D eigenvalue weighted by Gasteiger charge is -2.30. The van der Waals surface area contributed by atoms with Gasteiger partial charge in [0.05, 0.1) is 38.1 Å². The zero-order valence-electron chi connectivity index (χ0n) is 14.5. The topological polar surface area (TPSA) is 45.1 Å². The first kappa shape index (κ1) is 19.4. The van der Waals surface area contributed by atoms with Crippen LogP contribution in [0.1, 0.15) is 12.0 Å². The van der Waals surface area contributed by atoms with Gasteiger partial charge in [-0.2, -0.15) is 0 Å². The zero-order chi connectivity index (χ0) is 18.7. The van der Waals surface area contributed by atoms with Crippen molar-refractivity contribution in [3.63, 3.8) is 0 Å². The average molecular weight is 411 g/mol. The molecule has 3 rings (SSSR count). The third-order valence-electron chi connectivity index (χ3n) is 4.56. The maximum atomic E-state index is 12.6. The fourth-order valence-electron chi connectivity index (χ4n) is 2.91. The Morgan fingerprint density at radius 2 is 1.96 bits per heavy atom. The van der Waals surface area contributed by atoms with Crippen LogP contribution in [0.2, 0.25) is 5.02 Å². The third-order valence-corrected chi connectivity index (χ3v) is 6.19. The van der Waals surface area contributed by atoms with E-state index in [1.165, 1.54) is 21.6 Å². The lowest BCUT2D eigenvalue weighted by molar-refractivity contribution is -0.883. The van der Waals surface area contributed by atoms with Gasteiger partial charge in [0.2, 0.25) is 5.91 Å². The van der Waals surface area contributed by atoms with E-state index in [4.69, 9.17) is 23.8 Å². The van der Waals surface area contributed by atoms with E-state index in [1.54, 1.807) is 18.2 Å². The average Bonchev–Trinajstić information content (AvgIpc) is 2.89. The molecule has 0 aromatic heterocycles. The highest BCUT2D eigenvalue weighted by Crippen LogP contribution is 2.32. The van der Waals surface area contributed by atoms with E-state index in [-0.39, 0.29) is 11.8 Å². The van der Waals surface area contributed by atoms with Crippen LogP contribution in [0.5, 0.6) is 0 Å². The molecule has 5 nitrogen and oxygen atoms in total. The molecule has 8 heteroatoms. The maximum Gasteiger partial charge on any atom is 0.266 e. The smallest absolute Gasteiger partial charge is 0.266 e. The van der Waals surface area contributed by atoms with Gasteiger partial charge in [-0.3, -0.25) is 14.5 Å². The molecule has 2 heterocycles. The maximum absolute atomic E-state index is 12.6. The monoisotopic (exact) mass is 410 g/mol. The minimum atomic E-state index is -0.134. The van der Waals surface area contributed by atoms with E-state index < -0.39 is 0 Å². The van der Waals surface area contributed by atoms with Crippen LogP contribution in [0.3, 0.4) is 0 Å². The number of hydrogen-bond acceptors (Lipinski definition) is 4. The Morgan fingerprint density at radius 1 is 1.31 bits per heavy atom. The van der Waals surface area contributed by atoms with Gasteiger partial charge in [-0.15, -0.1) is 0 Å². The summed E-state index contributed by atoms with van der Waals surface area (Å²) in [6.07, 6.45) is 2.11. The van der Waals surface area contributed by atoms with Gasteiger partial charge in [-0.25, -0.2) is 0 Å². The standard InChI is InChI=1S/C18H20ClN3O2S2/c1-20-8-10-21(11-9-20)16(23)6-7-22-17(24)15(26-18(22)25)12-13-2-4-14(19)5-3-13/h2-5,12H,6-11H2,1H3/p+1/b15-12-. The predicted octanol–water partition coefficient (Wildman–Crippen LogP) is 1.29. The number of likely N-dealkylation sites (N-methyl/N-ethyl adjacent to an activating group) is 1. The molecule has 26 heavy (non-hydrogen) atoms. The Morgan fingerprint density at radius 3 is 2.62 bits per heavy atom. The minimum Gasteiger partial charge on any atom is -0.334 e. The summed E-state index contributed by atoms with van der Waals surface area (Å²) in [5, 5.41) is 0.652. The van der Waals surface area contributed by atoms with Gasteiger partial charge in [0.15, 0.2) is 0 Å². The van der Waals surface area contributed by atoms with E-state index in [9.17, 15) is 9.59 Å². The molecule has 2 amide bonds. The Hall–Kier alpha value is -1.41. The highest BCUT2D eigenvalue weighted by atomic mass is 35.5. The fraction of sp³-hybridized carbons (Fsp3) is 0.389. The molecule has 1 aromatic rings. The molecule has 1 N–H and O–H groups in total. The summed E-state index contributed by atoms with van der Waals surface area (Å²) in [6, 6.07) is 7.27. The first-order valence-electron chi connectivity index (χ1n) is 8.54. The second-order valence-electron chi connectivity index (χ2n) is 6.47. The summed E-state index contributed by atoms with van der Waals surface area (Å²) in [6.45, 7) is 3.83. The molecule has 138 valence electrons. The minimum absolute atomic E-state index is 0.0910. The normalized spacial score (nSPS) is 20.3. The number of quaternary nitrogens is 1. The number of nitrogens with one attached hydrogen (secondary N) is 1. The van der Waals surface area contributed by atoms with Crippen molar-refractivity contribution in [1.29, 1.82) is 0 Å². The van der Waals surface area contributed by atoms with Gasteiger partial charge in [-0.05, 0) is 23.8 Å². The number of benzene rings is 1. The number of rotatable bonds is 4. The SMILES string of the molecule is C[NH+]1CCN(C(=O)CCN2C(=O)/C(=C/c3ccc(Cl)cc3)SC2=S)CC1. The number of amides is 2. The first-order chi connectivity index (χ1) is 12.4. The largest absolute Gasteiger partial charge is 0.334 e. The lowest BCUT2D eigenvalue weighted by atomic mass is 10.2. The van der Waals surface area contributed by atoms with Gasteiger partial charge in [0.1, 0.15) is 4.32 Å². The molecule has 2 saturated heterocycles. The van der Waals surface area contributed by atoms with Crippen molar-refractivity contribution in [3.8, 4) is 0 Å². The molecular weight excluding hydrogens is 390 g/mol. The van der Waals surface area contributed by atoms with Crippen LogP contribution in [0.4, 0.5) is 0 Å². The van der Waals surface area contributed by atoms with Crippen LogP contribution < -0.4 is 4.90 Å². The van der Waals surface area contributed by atoms with Crippen LogP contribution >= 0.6 is 35.6 Å². The summed E-state index contributed by atoms with van der Waals surface area (Å²) in [7, 11) is 2.13. The predicted molar refractivity (Wildman–Crippen MR) is 109 cm³/mol. The summed E-state index contributed by atoms with van der Waals surface area (Å²) in [4.78, 5) is 30.4. The zero-order valence-corrected chi connectivity index (χ0v) is 16.9. The van der Waals surface area contributed by atoms with Gasteiger partial charge < -0.3 is 9.80 Å². The number of hydrogen-bond donors (Lipinski definition) is 1. The van der Waals surface area contributed by atoms with E-state index in [0.717, 1.165) is 31.7 Å². The van der Waals surface area contributed by atoms with Crippen molar-refractivity contribution in [1.82, 2.24) is 9.80 Å². The molecule has 0 unspecified atom stereocenters. The lowest BCUT2D eigenvalue weighted by Crippen LogP contribution is -3.12. The van der Waals surface area contributed by atoms with Crippen LogP contribution in [0.25, 0.3) is 6.08 Å². The Bertz CT molecular complexity index is 743. The van der Waals surface area contributed by atoms with Gasteiger partial charge in [0, 0.05) is 18.0 Å². The molecule has 1 aromatic carbocycles. The van der Waals surface area contributed by atoms with Crippen LogP contribution in [0, 0.1) is 0 Å². The van der Waals surface area contributed by atoms with E-state index in [0.29, 0.717) is 27.2 Å². The van der Waals surface area contributed by atoms with Crippen molar-refractivity contribution in [3.05, 3.63) is 39.8 Å². The van der Waals surface area contributed by atoms with Crippen molar-refractivity contribution in [2.75, 3.05) is 39.8 Å². The molecule has 0 atom stereocenters. The summed E-state index contributed by atoms with van der Waals surface area (Å²) in [5.74, 6) is -0.0428. The van der Waals surface area contributed by atoms with Crippen molar-refractivity contribution in [2.24, 2.45) is 0 Å². The fourth-order valence-corrected chi connectivity index (χ4v) is 4.34. The van der Waals surface area contributed by atoms with Crippen LogP contribution in [-0.4, -0.2) is 65.7 Å². The quantitative estimate of drug-likeness (QED) is 0.600. The number of piperazine rings is 1. The van der Waals surface area contributed by atoms with Crippen molar-refractivity contribution >= 4 is 57.8 Å². The van der Waals surface area contributed by atoms with Gasteiger partial charge in [-0.1, -0.05) is 47.7 Å². The second-order valence-corrected chi connectivity index (χ2v) is 8.58. The number of carbonyl (C=O) groups is 2. The molecule has 0 aliphatic carbocycles. The highest BCUT2D eigenvalue weighted by Gasteiger charge is 2.32. The second kappa shape index (κ2) is 8.52. The number of carbonyl (C=O) groups excluding carboxylic acids is 2. The highest BCUT2D eigenvalue weighted by molar-refractivity contribution is 8.26. The Kier molecular flexibility index (Phi) is 6.34. The molecular formula is C18H21ClN3O2S2+. The molecule has 2 fully saturated rings. The van der Waals surface area contributed by atoms with Crippen molar-refractivity contribution in [2.45, 2.75) is 6.42 Å². The number of thioether (sulfide) groups is 1. The Labute approximate surface area is 167 Å². The summed E-state index contributed by atoms with van der Waals surface area (Å²) < 4.78 is 0.505. The van der Waals surface area contributed by atoms with Gasteiger partial charge >= 0.3 is 0 Å². The Balaban J connectivity index is 1.59. The number of halogens is 1. The first-order valence-corrected chi connectivity index (χ1v) is 10.1. The summed E-state index contributed by atoms with van der Waals surface area (Å²) >= 11 is 12.5. The molecule has 0 bridgehead atoms. The molecule has 0 radical (unpaired) electrons. The van der Waals surface area contributed by atoms with Crippen LogP contribution in [-0.2, 0) is 9.59 Å². The van der Waals surface area contributed by atoms with E-state index >= 15 is 0 Å². The number of thiocarbonyl (C=S) groups is 1. The number of nitrogens with zero attached hydrogens (tertiary/aromatic N) is 2. The van der Waals surface area contributed by atoms with Crippen molar-refractivity contribution < 1.29 is 14.5 Å². The molecule has 0 saturated carbocycles. The molecule has 2 aliphatic heterocycles. The molecule has 0 spiro atoms.